The van der Waals surface area contributed by atoms with Crippen molar-refractivity contribution in [2.45, 2.75) is 0 Å². The molecule has 0 aromatic carbocycles. The van der Waals surface area contributed by atoms with Crippen molar-refractivity contribution in [3.63, 3.8) is 0 Å². The van der Waals surface area contributed by atoms with E-state index in [0.717, 1.165) is 0 Å². The van der Waals surface area contributed by atoms with E-state index in [1.807, 2.05) is 0 Å². The minimum atomic E-state index is 0. The Kier molecular flexibility index (Phi) is 90.5. The Morgan fingerprint density at radius 1 is 1.00 bits per heavy atom. The molecule has 0 aliphatic heterocycles. The van der Waals surface area contributed by atoms with Gasteiger partial charge in [0.1, 0.15) is 0 Å². The minimum Gasteiger partial charge on any atom is 0 e. The van der Waals surface area contributed by atoms with Crippen LogP contribution in [0.3, 0.4) is 0 Å². The van der Waals surface area contributed by atoms with Crippen molar-refractivity contribution in [1.82, 2.24) is 0 Å². The molecule has 0 saturated heterocycles. The second-order valence-corrected chi connectivity index (χ2v) is 0. The van der Waals surface area contributed by atoms with Gasteiger partial charge in [0.25, 0.3) is 0 Å². The van der Waals surface area contributed by atoms with Crippen molar-refractivity contribution in [3.05, 3.63) is 0 Å². The first-order chi connectivity index (χ1) is 0. The van der Waals surface area contributed by atoms with Crippen molar-refractivity contribution >= 4 is 94.4 Å². The van der Waals surface area contributed by atoms with E-state index in [1.54, 1.807) is 0 Å². The molecule has 0 fully saturated rings. The van der Waals surface area contributed by atoms with Crippen molar-refractivity contribution in [3.8, 4) is 0 Å². The van der Waals surface area contributed by atoms with Gasteiger partial charge in [-0.25, -0.2) is 0 Å². The predicted molar refractivity (Wildman–Crippen MR) is 11.5 cm³/mol. The predicted octanol–water partition coefficient (Wildman–Crippen LogP) is -0.764. The summed E-state index contributed by atoms with van der Waals surface area (Å²) in [7, 11) is 0. The topological polar surface area (TPSA) is 0 Å². The summed E-state index contributed by atoms with van der Waals surface area (Å²) in [6, 6.07) is 0. The van der Waals surface area contributed by atoms with Crippen LogP contribution in [-0.2, 0) is 16.8 Å². The Bertz CT molecular complexity index is 8.00. The average molecular weight is 425 g/mol. The zero-order chi connectivity index (χ0) is 0. The van der Waals surface area contributed by atoms with Crippen LogP contribution in [0.1, 0.15) is 0 Å². The van der Waals surface area contributed by atoms with Crippen LogP contribution in [0.25, 0.3) is 0 Å². The summed E-state index contributed by atoms with van der Waals surface area (Å²) in [5, 5.41) is 0. The molecule has 0 aliphatic rings. The molecule has 4 heavy (non-hydrogen) atoms. The molecule has 0 unspecified atom stereocenters. The van der Waals surface area contributed by atoms with Gasteiger partial charge in [-0.15, -0.1) is 0 Å². The van der Waals surface area contributed by atoms with Crippen LogP contribution in [0.15, 0.2) is 0 Å². The Morgan fingerprint density at radius 3 is 1.00 bits per heavy atom. The fourth-order valence-corrected chi connectivity index (χ4v) is 0. The second-order valence-electron chi connectivity index (χ2n) is 0. The summed E-state index contributed by atoms with van der Waals surface area (Å²) < 4.78 is 0. The normalized spacial score (nSPS) is 0. The van der Waals surface area contributed by atoms with Gasteiger partial charge in [0.2, 0.25) is 0 Å². The number of hydrogen-bond donors (Lipinski definition) is 0. The van der Waals surface area contributed by atoms with Crippen LogP contribution in [0.5, 0.6) is 0 Å². The van der Waals surface area contributed by atoms with Crippen LogP contribution >= 0.6 is 0 Å². The molecule has 0 bridgehead atoms. The van der Waals surface area contributed by atoms with Gasteiger partial charge in [0, 0.05) is 152 Å². The molecule has 6 radical (unpaired) electrons. The third kappa shape index (κ3) is 10.0. The molecule has 0 amide bonds. The second kappa shape index (κ2) is 15.7. The maximum Gasteiger partial charge on any atom is 0 e. The van der Waals surface area contributed by atoms with Crippen LogP contribution in [-0.4, -0.2) is 94.4 Å². The zero-order valence-corrected chi connectivity index (χ0v) is 15.0. The van der Waals surface area contributed by atoms with Crippen molar-refractivity contribution < 1.29 is 58.1 Å². The third-order valence-electron chi connectivity index (χ3n) is 0. The van der Waals surface area contributed by atoms with E-state index in [0.29, 0.717) is 0 Å². The Hall–Kier alpha value is 4.92. The summed E-state index contributed by atoms with van der Waals surface area (Å²) in [6.45, 7) is 0. The molecular weight excluding hydrogens is 425 g/mol. The third-order valence-corrected chi connectivity index (χ3v) is 0. The number of rotatable bonds is 0. The first-order valence-corrected chi connectivity index (χ1v) is 0. The van der Waals surface area contributed by atoms with E-state index in [1.165, 1.54) is 0 Å². The molecule has 0 aliphatic carbocycles. The first-order valence-electron chi connectivity index (χ1n) is 0. The molecule has 4 heteroatoms. The van der Waals surface area contributed by atoms with Gasteiger partial charge in [0.15, 0.2) is 0 Å². The molecule has 0 spiro atoms. The first kappa shape index (κ1) is 23.1. The van der Waals surface area contributed by atoms with Crippen LogP contribution in [0.2, 0.25) is 0 Å². The molecule has 0 rings (SSSR count). The summed E-state index contributed by atoms with van der Waals surface area (Å²) in [6.07, 6.45) is 0. The van der Waals surface area contributed by atoms with Gasteiger partial charge < -0.3 is 0 Å². The van der Waals surface area contributed by atoms with E-state index in [4.69, 9.17) is 0 Å². The number of hydrogen-bond acceptors (Lipinski definition) is 0. The van der Waals surface area contributed by atoms with Gasteiger partial charge in [0.05, 0.1) is 0 Å². The smallest absolute Gasteiger partial charge is 0 e. The minimum absolute atomic E-state index is 0. The average Bonchev–Trinajstić information content (AvgIpc) is 0. The molecule has 0 aromatic heterocycles. The SMILES string of the molecule is [Ba].[Co].[Pr].[Sr]. The van der Waals surface area contributed by atoms with Crippen molar-refractivity contribution in [2.75, 3.05) is 0 Å². The quantitative estimate of drug-likeness (QED) is 0.448. The van der Waals surface area contributed by atoms with Gasteiger partial charge >= 0.3 is 0 Å². The molecular formula is BaCoPrSr. The van der Waals surface area contributed by atoms with Gasteiger partial charge in [-0.1, -0.05) is 0 Å². The van der Waals surface area contributed by atoms with E-state index in [-0.39, 0.29) is 152 Å². The summed E-state index contributed by atoms with van der Waals surface area (Å²) in [4.78, 5) is 0. The van der Waals surface area contributed by atoms with E-state index >= 15 is 0 Å². The maximum absolute atomic E-state index is 0. The molecule has 0 atom stereocenters. The Balaban J connectivity index is 0. The Labute approximate surface area is 147 Å². The summed E-state index contributed by atoms with van der Waals surface area (Å²) in [5.41, 5.74) is 0. The van der Waals surface area contributed by atoms with Gasteiger partial charge in [-0.3, -0.25) is 0 Å². The standard InChI is InChI=1S/Ba.Co.Pr.Sr. The molecule has 0 nitrogen and oxygen atoms in total. The van der Waals surface area contributed by atoms with Crippen molar-refractivity contribution in [2.24, 2.45) is 0 Å². The molecule has 0 heterocycles. The van der Waals surface area contributed by atoms with Gasteiger partial charge in [-0.2, -0.15) is 0 Å². The van der Waals surface area contributed by atoms with E-state index < -0.39 is 0 Å². The van der Waals surface area contributed by atoms with Crippen LogP contribution in [0, 0.1) is 41.3 Å². The fourth-order valence-electron chi connectivity index (χ4n) is 0. The maximum atomic E-state index is 0. The monoisotopic (exact) mass is 426 g/mol. The van der Waals surface area contributed by atoms with E-state index in [9.17, 15) is 0 Å². The molecule has 16 valence electrons. The van der Waals surface area contributed by atoms with Crippen LogP contribution < -0.4 is 0 Å². The fraction of sp³-hybridized carbons (Fsp3) is 0. The largest absolute Gasteiger partial charge is 0 e. The van der Waals surface area contributed by atoms with Gasteiger partial charge in [-0.05, 0) is 0 Å². The van der Waals surface area contributed by atoms with Crippen molar-refractivity contribution in [1.29, 1.82) is 0 Å². The zero-order valence-electron chi connectivity index (χ0n) is 2.32. The molecule has 0 N–H and O–H groups in total. The van der Waals surface area contributed by atoms with Crippen LogP contribution in [0.4, 0.5) is 0 Å². The summed E-state index contributed by atoms with van der Waals surface area (Å²) in [5.74, 6) is 0. The van der Waals surface area contributed by atoms with E-state index in [2.05, 4.69) is 0 Å². The Morgan fingerprint density at radius 2 is 1.00 bits per heavy atom. The molecule has 0 saturated carbocycles. The summed E-state index contributed by atoms with van der Waals surface area (Å²) >= 11 is 0. The molecule has 0 aromatic rings.